The topological polar surface area (TPSA) is 85.3 Å². The fourth-order valence-electron chi connectivity index (χ4n) is 5.45. The van der Waals surface area contributed by atoms with Crippen LogP contribution >= 0.6 is 11.3 Å². The number of para-hydroxylation sites is 1. The molecule has 210 valence electrons. The maximum absolute atomic E-state index is 13.5. The molecular formula is C32H37N3O4S. The second-order valence-electron chi connectivity index (χ2n) is 10.4. The van der Waals surface area contributed by atoms with Gasteiger partial charge in [0, 0.05) is 41.3 Å². The highest BCUT2D eigenvalue weighted by Crippen LogP contribution is 2.35. The molecule has 40 heavy (non-hydrogen) atoms. The lowest BCUT2D eigenvalue weighted by Crippen LogP contribution is -2.49. The number of hydrogen-bond donors (Lipinski definition) is 3. The molecule has 1 saturated heterocycles. The van der Waals surface area contributed by atoms with E-state index in [4.69, 9.17) is 4.84 Å². The number of amides is 1. The average molecular weight is 560 g/mol. The summed E-state index contributed by atoms with van der Waals surface area (Å²) >= 11 is 1.75. The molecule has 1 aliphatic heterocycles. The highest BCUT2D eigenvalue weighted by molar-refractivity contribution is 7.22. The summed E-state index contributed by atoms with van der Waals surface area (Å²) in [6.45, 7) is 3.01. The van der Waals surface area contributed by atoms with Crippen molar-refractivity contribution < 1.29 is 19.8 Å². The van der Waals surface area contributed by atoms with Gasteiger partial charge in [-0.1, -0.05) is 54.6 Å². The zero-order valence-corrected chi connectivity index (χ0v) is 23.8. The molecule has 1 amide bonds. The lowest BCUT2D eigenvalue weighted by atomic mass is 9.89. The van der Waals surface area contributed by atoms with E-state index in [9.17, 15) is 15.0 Å². The van der Waals surface area contributed by atoms with E-state index in [1.807, 2.05) is 49.5 Å². The van der Waals surface area contributed by atoms with Gasteiger partial charge in [-0.2, -0.15) is 5.06 Å². The number of carbonyl (C=O) groups excluding carboxylic acids is 1. The third kappa shape index (κ3) is 6.37. The van der Waals surface area contributed by atoms with Crippen LogP contribution in [0.25, 0.3) is 20.5 Å². The van der Waals surface area contributed by atoms with Crippen molar-refractivity contribution in [3.8, 4) is 10.4 Å². The highest BCUT2D eigenvalue weighted by atomic mass is 32.1. The van der Waals surface area contributed by atoms with E-state index in [0.717, 1.165) is 29.8 Å². The minimum atomic E-state index is -0.827. The maximum atomic E-state index is 13.5. The maximum Gasteiger partial charge on any atom is 0.240 e. The van der Waals surface area contributed by atoms with Gasteiger partial charge in [0.1, 0.15) is 12.1 Å². The summed E-state index contributed by atoms with van der Waals surface area (Å²) < 4.78 is 1.24. The first-order valence-electron chi connectivity index (χ1n) is 13.8. The van der Waals surface area contributed by atoms with Crippen molar-refractivity contribution in [3.63, 3.8) is 0 Å². The van der Waals surface area contributed by atoms with Crippen molar-refractivity contribution in [3.05, 3.63) is 90.5 Å². The number of carbonyl (C=O) groups is 1. The average Bonchev–Trinajstić information content (AvgIpc) is 3.57. The van der Waals surface area contributed by atoms with Crippen molar-refractivity contribution >= 4 is 33.0 Å². The number of hydrogen-bond acceptors (Lipinski definition) is 7. The monoisotopic (exact) mass is 559 g/mol. The number of rotatable bonds is 11. The Hall–Kier alpha value is -3.27. The number of aliphatic hydroxyl groups is 2. The molecule has 3 aromatic carbocycles. The van der Waals surface area contributed by atoms with Gasteiger partial charge >= 0.3 is 0 Å². The van der Waals surface area contributed by atoms with Gasteiger partial charge in [-0.15, -0.1) is 11.3 Å². The van der Waals surface area contributed by atoms with Gasteiger partial charge in [-0.25, -0.2) is 0 Å². The molecule has 1 aromatic heterocycles. The summed E-state index contributed by atoms with van der Waals surface area (Å²) in [5, 5.41) is 26.5. The van der Waals surface area contributed by atoms with E-state index >= 15 is 0 Å². The van der Waals surface area contributed by atoms with E-state index in [1.54, 1.807) is 23.3 Å². The number of hydroxylamine groups is 2. The van der Waals surface area contributed by atoms with Crippen LogP contribution < -0.4 is 10.2 Å². The van der Waals surface area contributed by atoms with Gasteiger partial charge in [-0.05, 0) is 60.2 Å². The summed E-state index contributed by atoms with van der Waals surface area (Å²) in [6.07, 6.45) is -0.720. The molecule has 5 rings (SSSR count). The van der Waals surface area contributed by atoms with Crippen molar-refractivity contribution in [2.45, 2.75) is 38.1 Å². The van der Waals surface area contributed by atoms with Crippen LogP contribution in [0.1, 0.15) is 18.9 Å². The van der Waals surface area contributed by atoms with Gasteiger partial charge in [0.05, 0.1) is 19.3 Å². The predicted octanol–water partition coefficient (Wildman–Crippen LogP) is 4.68. The van der Waals surface area contributed by atoms with Crippen molar-refractivity contribution in [1.29, 1.82) is 0 Å². The molecule has 0 aliphatic carbocycles. The molecule has 4 aromatic rings. The Balaban J connectivity index is 1.27. The second-order valence-corrected chi connectivity index (χ2v) is 11.5. The summed E-state index contributed by atoms with van der Waals surface area (Å²) in [7, 11) is 2.03. The van der Waals surface area contributed by atoms with E-state index in [2.05, 4.69) is 52.7 Å². The molecule has 1 fully saturated rings. The molecular weight excluding hydrogens is 522 g/mol. The molecule has 0 spiro atoms. The Bertz CT molecular complexity index is 1380. The molecule has 2 heterocycles. The number of nitrogens with zero attached hydrogens (tertiary/aromatic N) is 2. The quantitative estimate of drug-likeness (QED) is 0.231. The third-order valence-electron chi connectivity index (χ3n) is 7.52. The Morgan fingerprint density at radius 1 is 1.07 bits per heavy atom. The van der Waals surface area contributed by atoms with Crippen LogP contribution in [0.3, 0.4) is 0 Å². The van der Waals surface area contributed by atoms with Gasteiger partial charge < -0.3 is 20.4 Å². The van der Waals surface area contributed by atoms with Crippen LogP contribution in [0.2, 0.25) is 0 Å². The van der Waals surface area contributed by atoms with E-state index in [1.165, 1.54) is 15.0 Å². The lowest BCUT2D eigenvalue weighted by molar-refractivity contribution is -0.181. The van der Waals surface area contributed by atoms with Gasteiger partial charge in [-0.3, -0.25) is 9.63 Å². The minimum absolute atomic E-state index is 0.204. The van der Waals surface area contributed by atoms with Gasteiger partial charge in [0.15, 0.2) is 0 Å². The minimum Gasteiger partial charge on any atom is -0.394 e. The number of aliphatic hydroxyl groups excluding tert-OH is 2. The molecule has 1 aliphatic rings. The predicted molar refractivity (Wildman–Crippen MR) is 161 cm³/mol. The van der Waals surface area contributed by atoms with Crippen LogP contribution in [-0.2, 0) is 16.2 Å². The number of fused-ring (bicyclic) bond motifs is 1. The number of anilines is 1. The Kier molecular flexibility index (Phi) is 9.14. The van der Waals surface area contributed by atoms with Crippen LogP contribution in [0, 0.1) is 5.92 Å². The van der Waals surface area contributed by atoms with Crippen LogP contribution in [-0.4, -0.2) is 66.2 Å². The molecule has 3 N–H and O–H groups in total. The first-order chi connectivity index (χ1) is 19.4. The fourth-order valence-corrected chi connectivity index (χ4v) is 6.51. The molecule has 7 nitrogen and oxygen atoms in total. The SMILES string of the molecule is C[C@@H](O)[C@H]1[C@@H](CO)ON(Cc2cccc(-c3cc4ccccc4s3)c2)[C@H]1C(=O)NCCCN(C)c1ccccc1. The van der Waals surface area contributed by atoms with Crippen LogP contribution in [0.4, 0.5) is 5.69 Å². The zero-order chi connectivity index (χ0) is 28.1. The highest BCUT2D eigenvalue weighted by Gasteiger charge is 2.49. The van der Waals surface area contributed by atoms with Gasteiger partial charge in [0.25, 0.3) is 0 Å². The third-order valence-corrected chi connectivity index (χ3v) is 8.69. The molecule has 0 bridgehead atoms. The summed E-state index contributed by atoms with van der Waals surface area (Å²) in [6, 6.07) is 28.2. The molecule has 4 atom stereocenters. The van der Waals surface area contributed by atoms with Crippen LogP contribution in [0.15, 0.2) is 84.9 Å². The molecule has 8 heteroatoms. The summed E-state index contributed by atoms with van der Waals surface area (Å²) in [5.41, 5.74) is 3.22. The zero-order valence-electron chi connectivity index (χ0n) is 22.9. The van der Waals surface area contributed by atoms with E-state index in [0.29, 0.717) is 13.1 Å². The van der Waals surface area contributed by atoms with E-state index < -0.39 is 24.2 Å². The van der Waals surface area contributed by atoms with Gasteiger partial charge in [0.2, 0.25) is 5.91 Å². The first kappa shape index (κ1) is 28.3. The lowest BCUT2D eigenvalue weighted by Gasteiger charge is -2.27. The number of nitrogens with one attached hydrogen (secondary N) is 1. The summed E-state index contributed by atoms with van der Waals surface area (Å²) in [4.78, 5) is 22.9. The Morgan fingerprint density at radius 3 is 2.60 bits per heavy atom. The van der Waals surface area contributed by atoms with Crippen LogP contribution in [0.5, 0.6) is 0 Å². The van der Waals surface area contributed by atoms with E-state index in [-0.39, 0.29) is 12.5 Å². The van der Waals surface area contributed by atoms with Crippen molar-refractivity contribution in [2.75, 3.05) is 31.6 Å². The molecule has 0 radical (unpaired) electrons. The smallest absolute Gasteiger partial charge is 0.240 e. The standard InChI is InChI=1S/C32H37N3O4S/c1-22(37)30-27(21-36)39-35(31(30)32(38)33-16-9-17-34(2)26-13-4-3-5-14-26)20-23-10-8-12-24(18-23)29-19-25-11-6-7-15-28(25)40-29/h3-8,10-15,18-19,22,27,30-31,36-37H,9,16-17,20-21H2,1-2H3,(H,33,38)/t22-,27-,30+,31-/m1/s1. The fraction of sp³-hybridized carbons (Fsp3) is 0.344. The first-order valence-corrected chi connectivity index (χ1v) is 14.6. The molecule has 0 saturated carbocycles. The van der Waals surface area contributed by atoms with Crippen molar-refractivity contribution in [1.82, 2.24) is 10.4 Å². The Labute approximate surface area is 239 Å². The number of thiophene rings is 1. The summed E-state index contributed by atoms with van der Waals surface area (Å²) in [5.74, 6) is -0.757. The normalized spacial score (nSPS) is 20.1. The Morgan fingerprint density at radius 2 is 1.85 bits per heavy atom. The second kappa shape index (κ2) is 12.9. The van der Waals surface area contributed by atoms with Crippen molar-refractivity contribution in [2.24, 2.45) is 5.92 Å². The number of benzene rings is 3. The molecule has 0 unspecified atom stereocenters. The largest absolute Gasteiger partial charge is 0.394 e.